The summed E-state index contributed by atoms with van der Waals surface area (Å²) in [7, 11) is 0. The number of carbonyl (C=O) groups excluding carboxylic acids is 1. The Balaban J connectivity index is 2.15. The van der Waals surface area contributed by atoms with Crippen molar-refractivity contribution in [2.45, 2.75) is 52.0 Å². The van der Waals surface area contributed by atoms with Gasteiger partial charge in [0.1, 0.15) is 0 Å². The van der Waals surface area contributed by atoms with Gasteiger partial charge in [-0.1, -0.05) is 20.8 Å². The third-order valence-electron chi connectivity index (χ3n) is 4.05. The van der Waals surface area contributed by atoms with E-state index in [1.165, 1.54) is 4.88 Å². The number of nitrogens with zero attached hydrogens (tertiary/aromatic N) is 1. The minimum absolute atomic E-state index is 0.0876. The molecule has 0 aliphatic carbocycles. The lowest BCUT2D eigenvalue weighted by Gasteiger charge is -2.37. The standard InChI is InChI=1S/C16H25NO2S/c1-11-5-6-12(10-18)9-17(11)15(19)13-7-8-14(20-13)16(2,3)4/h7-8,11-12,18H,5-6,9-10H2,1-4H3. The molecule has 2 unspecified atom stereocenters. The first-order valence-electron chi connectivity index (χ1n) is 7.35. The Kier molecular flexibility index (Phi) is 4.55. The van der Waals surface area contributed by atoms with E-state index in [2.05, 4.69) is 33.8 Å². The van der Waals surface area contributed by atoms with E-state index in [4.69, 9.17) is 0 Å². The molecule has 1 aliphatic rings. The van der Waals surface area contributed by atoms with Crippen molar-refractivity contribution in [3.8, 4) is 0 Å². The van der Waals surface area contributed by atoms with Gasteiger partial charge < -0.3 is 10.0 Å². The quantitative estimate of drug-likeness (QED) is 0.909. The summed E-state index contributed by atoms with van der Waals surface area (Å²) in [5, 5.41) is 9.32. The third kappa shape index (κ3) is 3.23. The van der Waals surface area contributed by atoms with E-state index >= 15 is 0 Å². The zero-order valence-corrected chi connectivity index (χ0v) is 13.7. The summed E-state index contributed by atoms with van der Waals surface area (Å²) in [6, 6.07) is 4.28. The van der Waals surface area contributed by atoms with Crippen molar-refractivity contribution in [1.82, 2.24) is 4.90 Å². The molecule has 3 nitrogen and oxygen atoms in total. The molecule has 2 atom stereocenters. The second kappa shape index (κ2) is 5.86. The fourth-order valence-corrected chi connectivity index (χ4v) is 3.63. The van der Waals surface area contributed by atoms with Crippen LogP contribution in [-0.2, 0) is 5.41 Å². The Morgan fingerprint density at radius 3 is 2.65 bits per heavy atom. The number of hydrogen-bond donors (Lipinski definition) is 1. The van der Waals surface area contributed by atoms with Crippen LogP contribution < -0.4 is 0 Å². The van der Waals surface area contributed by atoms with Crippen molar-refractivity contribution >= 4 is 17.2 Å². The SMILES string of the molecule is CC1CCC(CO)CN1C(=O)c1ccc(C(C)(C)C)s1. The van der Waals surface area contributed by atoms with Gasteiger partial charge in [-0.15, -0.1) is 11.3 Å². The monoisotopic (exact) mass is 295 g/mol. The lowest BCUT2D eigenvalue weighted by Crippen LogP contribution is -2.46. The van der Waals surface area contributed by atoms with Crippen LogP contribution in [0.2, 0.25) is 0 Å². The lowest BCUT2D eigenvalue weighted by molar-refractivity contribution is 0.0493. The fourth-order valence-electron chi connectivity index (χ4n) is 2.61. The molecule has 0 radical (unpaired) electrons. The number of rotatable bonds is 2. The van der Waals surface area contributed by atoms with Crippen molar-refractivity contribution < 1.29 is 9.90 Å². The Hall–Kier alpha value is -0.870. The Labute approximate surface area is 125 Å². The summed E-state index contributed by atoms with van der Waals surface area (Å²) in [5.41, 5.74) is 0.0876. The molecule has 2 rings (SSSR count). The molecular formula is C16H25NO2S. The Morgan fingerprint density at radius 1 is 1.40 bits per heavy atom. The molecule has 1 fully saturated rings. The highest BCUT2D eigenvalue weighted by Gasteiger charge is 2.30. The van der Waals surface area contributed by atoms with Gasteiger partial charge in [0.25, 0.3) is 5.91 Å². The summed E-state index contributed by atoms with van der Waals surface area (Å²) in [6.45, 7) is 9.45. The van der Waals surface area contributed by atoms with Gasteiger partial charge in [0.15, 0.2) is 0 Å². The molecule has 0 spiro atoms. The zero-order chi connectivity index (χ0) is 14.9. The molecular weight excluding hydrogens is 270 g/mol. The van der Waals surface area contributed by atoms with Crippen LogP contribution in [0.4, 0.5) is 0 Å². The topological polar surface area (TPSA) is 40.5 Å². The molecule has 1 aromatic rings. The second-order valence-corrected chi connectivity index (χ2v) is 7.93. The molecule has 20 heavy (non-hydrogen) atoms. The summed E-state index contributed by atoms with van der Waals surface area (Å²) >= 11 is 1.60. The summed E-state index contributed by atoms with van der Waals surface area (Å²) in [5.74, 6) is 0.355. The number of thiophene rings is 1. The largest absolute Gasteiger partial charge is 0.396 e. The molecule has 1 aliphatic heterocycles. The van der Waals surface area contributed by atoms with E-state index in [1.54, 1.807) is 11.3 Å². The minimum Gasteiger partial charge on any atom is -0.396 e. The summed E-state index contributed by atoms with van der Waals surface area (Å²) in [6.07, 6.45) is 1.99. The normalized spacial score (nSPS) is 23.9. The Morgan fingerprint density at radius 2 is 2.10 bits per heavy atom. The zero-order valence-electron chi connectivity index (χ0n) is 12.8. The third-order valence-corrected chi connectivity index (χ3v) is 5.55. The smallest absolute Gasteiger partial charge is 0.264 e. The van der Waals surface area contributed by atoms with E-state index in [-0.39, 0.29) is 29.9 Å². The van der Waals surface area contributed by atoms with Crippen LogP contribution in [0.1, 0.15) is 55.1 Å². The average molecular weight is 295 g/mol. The first kappa shape index (κ1) is 15.5. The first-order chi connectivity index (χ1) is 9.32. The van der Waals surface area contributed by atoms with Crippen molar-refractivity contribution in [2.24, 2.45) is 5.92 Å². The maximum absolute atomic E-state index is 12.7. The van der Waals surface area contributed by atoms with Crippen molar-refractivity contribution in [1.29, 1.82) is 0 Å². The molecule has 0 bridgehead atoms. The predicted octanol–water partition coefficient (Wildman–Crippen LogP) is 3.28. The maximum Gasteiger partial charge on any atom is 0.264 e. The second-order valence-electron chi connectivity index (χ2n) is 6.85. The van der Waals surface area contributed by atoms with E-state index in [9.17, 15) is 9.90 Å². The number of likely N-dealkylation sites (tertiary alicyclic amines) is 1. The molecule has 2 heterocycles. The highest BCUT2D eigenvalue weighted by Crippen LogP contribution is 2.31. The molecule has 1 amide bonds. The number of hydrogen-bond acceptors (Lipinski definition) is 3. The molecule has 112 valence electrons. The van der Waals surface area contributed by atoms with Crippen LogP contribution in [-0.4, -0.2) is 35.1 Å². The number of piperidine rings is 1. The van der Waals surface area contributed by atoms with Crippen LogP contribution >= 0.6 is 11.3 Å². The number of aliphatic hydroxyl groups is 1. The first-order valence-corrected chi connectivity index (χ1v) is 8.16. The van der Waals surface area contributed by atoms with Crippen molar-refractivity contribution in [2.75, 3.05) is 13.2 Å². The fraction of sp³-hybridized carbons (Fsp3) is 0.688. The Bertz CT molecular complexity index is 475. The predicted molar refractivity (Wildman–Crippen MR) is 83.3 cm³/mol. The van der Waals surface area contributed by atoms with Gasteiger partial charge in [-0.3, -0.25) is 4.79 Å². The van der Waals surface area contributed by atoms with Crippen molar-refractivity contribution in [3.05, 3.63) is 21.9 Å². The minimum atomic E-state index is 0.0876. The van der Waals surface area contributed by atoms with E-state index in [0.717, 1.165) is 17.7 Å². The van der Waals surface area contributed by atoms with Gasteiger partial charge >= 0.3 is 0 Å². The van der Waals surface area contributed by atoms with Crippen LogP contribution in [0.15, 0.2) is 12.1 Å². The molecule has 4 heteroatoms. The molecule has 0 saturated carbocycles. The van der Waals surface area contributed by atoms with Gasteiger partial charge in [-0.2, -0.15) is 0 Å². The molecule has 0 aromatic carbocycles. The summed E-state index contributed by atoms with van der Waals surface area (Å²) < 4.78 is 0. The number of amides is 1. The van der Waals surface area contributed by atoms with Crippen LogP contribution in [0.3, 0.4) is 0 Å². The van der Waals surface area contributed by atoms with Crippen LogP contribution in [0.25, 0.3) is 0 Å². The molecule has 1 saturated heterocycles. The van der Waals surface area contributed by atoms with Crippen LogP contribution in [0.5, 0.6) is 0 Å². The van der Waals surface area contributed by atoms with Gasteiger partial charge in [-0.05, 0) is 43.2 Å². The van der Waals surface area contributed by atoms with E-state index < -0.39 is 0 Å². The maximum atomic E-state index is 12.7. The van der Waals surface area contributed by atoms with E-state index in [0.29, 0.717) is 6.54 Å². The molecule has 1 N–H and O–H groups in total. The van der Waals surface area contributed by atoms with E-state index in [1.807, 2.05) is 11.0 Å². The van der Waals surface area contributed by atoms with Crippen molar-refractivity contribution in [3.63, 3.8) is 0 Å². The highest BCUT2D eigenvalue weighted by atomic mass is 32.1. The van der Waals surface area contributed by atoms with Gasteiger partial charge in [0, 0.05) is 24.1 Å². The van der Waals surface area contributed by atoms with Gasteiger partial charge in [0.05, 0.1) is 4.88 Å². The van der Waals surface area contributed by atoms with Gasteiger partial charge in [0.2, 0.25) is 0 Å². The summed E-state index contributed by atoms with van der Waals surface area (Å²) in [4.78, 5) is 16.7. The number of aliphatic hydroxyl groups excluding tert-OH is 1. The van der Waals surface area contributed by atoms with Gasteiger partial charge in [-0.25, -0.2) is 0 Å². The van der Waals surface area contributed by atoms with Crippen LogP contribution in [0, 0.1) is 5.92 Å². The number of carbonyl (C=O) groups is 1. The molecule has 1 aromatic heterocycles. The average Bonchev–Trinajstić information content (AvgIpc) is 2.88. The highest BCUT2D eigenvalue weighted by molar-refractivity contribution is 7.14. The lowest BCUT2D eigenvalue weighted by atomic mass is 9.94.